The van der Waals surface area contributed by atoms with E-state index in [0.717, 1.165) is 24.7 Å². The summed E-state index contributed by atoms with van der Waals surface area (Å²) in [5.41, 5.74) is 0. The zero-order valence-corrected chi connectivity index (χ0v) is 13.3. The van der Waals surface area contributed by atoms with E-state index in [2.05, 4.69) is 5.32 Å². The van der Waals surface area contributed by atoms with Gasteiger partial charge in [0.1, 0.15) is 0 Å². The number of rotatable bonds is 5. The average molecular weight is 295 g/mol. The first-order valence-electron chi connectivity index (χ1n) is 8.49. The van der Waals surface area contributed by atoms with Crippen LogP contribution in [0, 0.1) is 29.6 Å². The van der Waals surface area contributed by atoms with E-state index in [1.807, 2.05) is 13.8 Å². The molecule has 4 atom stereocenters. The molecule has 2 aliphatic rings. The second kappa shape index (κ2) is 7.28. The van der Waals surface area contributed by atoms with Crippen molar-refractivity contribution in [1.82, 2.24) is 5.32 Å². The van der Waals surface area contributed by atoms with Gasteiger partial charge in [-0.1, -0.05) is 39.5 Å². The smallest absolute Gasteiger partial charge is 0.308 e. The number of aliphatic carboxylic acids is 1. The topological polar surface area (TPSA) is 66.4 Å². The first kappa shape index (κ1) is 16.3. The van der Waals surface area contributed by atoms with Crippen LogP contribution < -0.4 is 5.32 Å². The van der Waals surface area contributed by atoms with Crippen molar-refractivity contribution in [2.24, 2.45) is 29.6 Å². The minimum Gasteiger partial charge on any atom is -0.481 e. The molecule has 2 rings (SSSR count). The number of hydrogen-bond donors (Lipinski definition) is 2. The molecule has 2 fully saturated rings. The fraction of sp³-hybridized carbons (Fsp3) is 0.882. The molecule has 2 saturated carbocycles. The quantitative estimate of drug-likeness (QED) is 0.819. The van der Waals surface area contributed by atoms with E-state index >= 15 is 0 Å². The Hall–Kier alpha value is -1.06. The molecule has 0 saturated heterocycles. The van der Waals surface area contributed by atoms with Gasteiger partial charge in [0, 0.05) is 12.5 Å². The lowest BCUT2D eigenvalue weighted by Crippen LogP contribution is -2.41. The van der Waals surface area contributed by atoms with Gasteiger partial charge in [-0.25, -0.2) is 0 Å². The second-order valence-electron chi connectivity index (χ2n) is 7.25. The van der Waals surface area contributed by atoms with Crippen LogP contribution in [0.2, 0.25) is 0 Å². The van der Waals surface area contributed by atoms with Gasteiger partial charge in [-0.2, -0.15) is 0 Å². The van der Waals surface area contributed by atoms with Crippen molar-refractivity contribution >= 4 is 11.9 Å². The van der Waals surface area contributed by atoms with Gasteiger partial charge in [0.15, 0.2) is 0 Å². The molecule has 2 N–H and O–H groups in total. The van der Waals surface area contributed by atoms with Crippen LogP contribution in [0.15, 0.2) is 0 Å². The highest BCUT2D eigenvalue weighted by molar-refractivity contribution is 5.79. The van der Waals surface area contributed by atoms with Crippen molar-refractivity contribution in [2.75, 3.05) is 6.54 Å². The lowest BCUT2D eigenvalue weighted by molar-refractivity contribution is -0.143. The van der Waals surface area contributed by atoms with Gasteiger partial charge in [-0.05, 0) is 37.0 Å². The van der Waals surface area contributed by atoms with Crippen LogP contribution in [0.1, 0.15) is 58.8 Å². The number of fused-ring (bicyclic) bond motifs is 1. The Balaban J connectivity index is 1.82. The van der Waals surface area contributed by atoms with Crippen LogP contribution in [0.5, 0.6) is 0 Å². The van der Waals surface area contributed by atoms with E-state index in [0.29, 0.717) is 0 Å². The maximum Gasteiger partial charge on any atom is 0.308 e. The van der Waals surface area contributed by atoms with E-state index in [9.17, 15) is 9.59 Å². The number of hydrogen-bond acceptors (Lipinski definition) is 2. The summed E-state index contributed by atoms with van der Waals surface area (Å²) in [5.74, 6) is 0.476. The van der Waals surface area contributed by atoms with Crippen molar-refractivity contribution < 1.29 is 14.7 Å². The van der Waals surface area contributed by atoms with Crippen molar-refractivity contribution in [3.63, 3.8) is 0 Å². The van der Waals surface area contributed by atoms with Crippen molar-refractivity contribution in [3.05, 3.63) is 0 Å². The molecular formula is C17H29NO3. The first-order chi connectivity index (χ1) is 9.99. The summed E-state index contributed by atoms with van der Waals surface area (Å²) in [4.78, 5) is 23.5. The Morgan fingerprint density at radius 3 is 2.38 bits per heavy atom. The Kier molecular flexibility index (Phi) is 5.65. The molecule has 4 unspecified atom stereocenters. The highest BCUT2D eigenvalue weighted by atomic mass is 16.4. The van der Waals surface area contributed by atoms with E-state index < -0.39 is 11.9 Å². The molecule has 21 heavy (non-hydrogen) atoms. The number of amides is 1. The summed E-state index contributed by atoms with van der Waals surface area (Å²) in [6.45, 7) is 4.03. The summed E-state index contributed by atoms with van der Waals surface area (Å²) in [6, 6.07) is 0. The van der Waals surface area contributed by atoms with Gasteiger partial charge in [0.05, 0.1) is 5.92 Å². The standard InChI is InChI=1S/C17H29NO3/c1-11(2)15(17(20)21)10-18-16(19)14-8-7-12-5-3-4-6-13(12)9-14/h11-15H,3-10H2,1-2H3,(H,18,19)(H,20,21). The summed E-state index contributed by atoms with van der Waals surface area (Å²) >= 11 is 0. The molecule has 0 spiro atoms. The molecule has 0 radical (unpaired) electrons. The van der Waals surface area contributed by atoms with E-state index in [1.54, 1.807) is 0 Å². The van der Waals surface area contributed by atoms with Crippen LogP contribution in [0.4, 0.5) is 0 Å². The van der Waals surface area contributed by atoms with Crippen LogP contribution in [-0.2, 0) is 9.59 Å². The molecular weight excluding hydrogens is 266 g/mol. The minimum atomic E-state index is -0.818. The van der Waals surface area contributed by atoms with E-state index in [1.165, 1.54) is 32.1 Å². The van der Waals surface area contributed by atoms with Crippen molar-refractivity contribution in [3.8, 4) is 0 Å². The third kappa shape index (κ3) is 4.21. The molecule has 1 amide bonds. The molecule has 0 aromatic heterocycles. The van der Waals surface area contributed by atoms with E-state index in [-0.39, 0.29) is 24.3 Å². The predicted octanol–water partition coefficient (Wildman–Crippen LogP) is 3.07. The number of carbonyl (C=O) groups is 2. The fourth-order valence-electron chi connectivity index (χ4n) is 4.07. The molecule has 0 aliphatic heterocycles. The molecule has 4 heteroatoms. The monoisotopic (exact) mass is 295 g/mol. The zero-order valence-electron chi connectivity index (χ0n) is 13.3. The van der Waals surface area contributed by atoms with Gasteiger partial charge in [-0.3, -0.25) is 9.59 Å². The second-order valence-corrected chi connectivity index (χ2v) is 7.25. The van der Waals surface area contributed by atoms with Crippen LogP contribution in [-0.4, -0.2) is 23.5 Å². The molecule has 0 aromatic rings. The number of nitrogens with one attached hydrogen (secondary N) is 1. The molecule has 0 bridgehead atoms. The molecule has 0 aromatic carbocycles. The van der Waals surface area contributed by atoms with Crippen LogP contribution >= 0.6 is 0 Å². The van der Waals surface area contributed by atoms with Gasteiger partial charge in [0.25, 0.3) is 0 Å². The Morgan fingerprint density at radius 2 is 1.76 bits per heavy atom. The largest absolute Gasteiger partial charge is 0.481 e. The third-order valence-corrected chi connectivity index (χ3v) is 5.53. The summed E-state index contributed by atoms with van der Waals surface area (Å²) in [7, 11) is 0. The average Bonchev–Trinajstić information content (AvgIpc) is 2.46. The normalized spacial score (nSPS) is 30.5. The van der Waals surface area contributed by atoms with E-state index in [4.69, 9.17) is 5.11 Å². The third-order valence-electron chi connectivity index (χ3n) is 5.53. The van der Waals surface area contributed by atoms with Gasteiger partial charge in [0.2, 0.25) is 5.91 Å². The van der Waals surface area contributed by atoms with Crippen LogP contribution in [0.3, 0.4) is 0 Å². The van der Waals surface area contributed by atoms with Crippen LogP contribution in [0.25, 0.3) is 0 Å². The predicted molar refractivity (Wildman–Crippen MR) is 81.8 cm³/mol. The number of carbonyl (C=O) groups excluding carboxylic acids is 1. The lowest BCUT2D eigenvalue weighted by atomic mass is 9.67. The summed E-state index contributed by atoms with van der Waals surface area (Å²) in [6.07, 6.45) is 8.44. The molecule has 120 valence electrons. The summed E-state index contributed by atoms with van der Waals surface area (Å²) in [5, 5.41) is 12.1. The number of carboxylic acids is 1. The highest BCUT2D eigenvalue weighted by Crippen LogP contribution is 2.42. The highest BCUT2D eigenvalue weighted by Gasteiger charge is 2.35. The maximum atomic E-state index is 12.3. The SMILES string of the molecule is CC(C)C(CNC(=O)C1CCC2CCCCC2C1)C(=O)O. The number of carboxylic acid groups (broad SMARTS) is 1. The minimum absolute atomic E-state index is 0.0388. The van der Waals surface area contributed by atoms with Crippen molar-refractivity contribution in [1.29, 1.82) is 0 Å². The first-order valence-corrected chi connectivity index (χ1v) is 8.49. The van der Waals surface area contributed by atoms with Gasteiger partial charge >= 0.3 is 5.97 Å². The fourth-order valence-corrected chi connectivity index (χ4v) is 4.07. The Bertz CT molecular complexity index is 380. The Morgan fingerprint density at radius 1 is 1.10 bits per heavy atom. The molecule has 2 aliphatic carbocycles. The molecule has 0 heterocycles. The van der Waals surface area contributed by atoms with Gasteiger partial charge < -0.3 is 10.4 Å². The zero-order chi connectivity index (χ0) is 15.4. The van der Waals surface area contributed by atoms with Gasteiger partial charge in [-0.15, -0.1) is 0 Å². The van der Waals surface area contributed by atoms with Crippen molar-refractivity contribution in [2.45, 2.75) is 58.8 Å². The lowest BCUT2D eigenvalue weighted by Gasteiger charge is -2.38. The Labute approximate surface area is 127 Å². The molecule has 4 nitrogen and oxygen atoms in total. The summed E-state index contributed by atoms with van der Waals surface area (Å²) < 4.78 is 0. The maximum absolute atomic E-state index is 12.3.